The van der Waals surface area contributed by atoms with Crippen molar-refractivity contribution in [1.29, 1.82) is 0 Å². The minimum atomic E-state index is -1.05. The topological polar surface area (TPSA) is 85.9 Å². The van der Waals surface area contributed by atoms with Gasteiger partial charge in [0.05, 0.1) is 11.1 Å². The zero-order chi connectivity index (χ0) is 14.1. The lowest BCUT2D eigenvalue weighted by molar-refractivity contribution is -0.305. The second kappa shape index (κ2) is 5.57. The predicted octanol–water partition coefficient (Wildman–Crippen LogP) is 0.847. The van der Waals surface area contributed by atoms with E-state index in [1.54, 1.807) is 11.3 Å². The lowest BCUT2D eigenvalue weighted by Crippen LogP contribution is -2.22. The van der Waals surface area contributed by atoms with E-state index in [-0.39, 0.29) is 12.0 Å². The average molecular weight is 309 g/mol. The summed E-state index contributed by atoms with van der Waals surface area (Å²) in [5.41, 5.74) is 1.11. The van der Waals surface area contributed by atoms with Gasteiger partial charge in [-0.2, -0.15) is 11.8 Å². The molecule has 2 aromatic heterocycles. The van der Waals surface area contributed by atoms with Crippen LogP contribution in [0.5, 0.6) is 0 Å². The highest BCUT2D eigenvalue weighted by Gasteiger charge is 2.20. The number of carbonyl (C=O) groups is 1. The fraction of sp³-hybridized carbons (Fsp3) is 0.462. The lowest BCUT2D eigenvalue weighted by atomic mass is 10.2. The van der Waals surface area contributed by atoms with Crippen molar-refractivity contribution in [3.8, 4) is 0 Å². The Hall–Kier alpha value is -1.34. The van der Waals surface area contributed by atoms with Crippen LogP contribution in [-0.4, -0.2) is 21.7 Å². The van der Waals surface area contributed by atoms with Gasteiger partial charge < -0.3 is 14.9 Å². The second-order valence-electron chi connectivity index (χ2n) is 4.72. The van der Waals surface area contributed by atoms with Gasteiger partial charge in [0.15, 0.2) is 0 Å². The van der Waals surface area contributed by atoms with Crippen LogP contribution in [0.15, 0.2) is 4.79 Å². The predicted molar refractivity (Wildman–Crippen MR) is 78.1 cm³/mol. The van der Waals surface area contributed by atoms with Crippen molar-refractivity contribution in [2.24, 2.45) is 0 Å². The van der Waals surface area contributed by atoms with Crippen LogP contribution >= 0.6 is 23.1 Å². The molecule has 0 atom stereocenters. The van der Waals surface area contributed by atoms with E-state index in [9.17, 15) is 14.7 Å². The number of hydrogen-bond acceptors (Lipinski definition) is 6. The Balaban J connectivity index is 1.80. The molecule has 0 amide bonds. The minimum absolute atomic E-state index is 0.0183. The molecule has 5 nitrogen and oxygen atoms in total. The van der Waals surface area contributed by atoms with E-state index in [4.69, 9.17) is 0 Å². The van der Waals surface area contributed by atoms with E-state index in [0.717, 1.165) is 29.5 Å². The summed E-state index contributed by atoms with van der Waals surface area (Å²) < 4.78 is 0. The maximum Gasteiger partial charge on any atom is 0.259 e. The summed E-state index contributed by atoms with van der Waals surface area (Å²) in [5.74, 6) is 0.543. The Morgan fingerprint density at radius 2 is 2.30 bits per heavy atom. The molecule has 2 aromatic rings. The van der Waals surface area contributed by atoms with Crippen molar-refractivity contribution in [3.63, 3.8) is 0 Å². The molecule has 0 unspecified atom stereocenters. The number of thiophene rings is 1. The molecule has 0 saturated heterocycles. The van der Waals surface area contributed by atoms with Crippen LogP contribution in [0.2, 0.25) is 0 Å². The lowest BCUT2D eigenvalue weighted by Gasteiger charge is -2.03. The number of nitrogens with zero attached hydrogens (tertiary/aromatic N) is 1. The third-order valence-electron chi connectivity index (χ3n) is 3.31. The molecule has 0 aromatic carbocycles. The Bertz CT molecular complexity index is 720. The van der Waals surface area contributed by atoms with Gasteiger partial charge in [0.1, 0.15) is 10.7 Å². The monoisotopic (exact) mass is 309 g/mol. The van der Waals surface area contributed by atoms with Gasteiger partial charge in [-0.05, 0) is 37.0 Å². The summed E-state index contributed by atoms with van der Waals surface area (Å²) >= 11 is 3.05. The third kappa shape index (κ3) is 2.60. The van der Waals surface area contributed by atoms with Gasteiger partial charge in [-0.3, -0.25) is 4.79 Å². The van der Waals surface area contributed by atoms with E-state index >= 15 is 0 Å². The molecule has 7 heteroatoms. The van der Waals surface area contributed by atoms with Gasteiger partial charge in [-0.15, -0.1) is 11.3 Å². The highest BCUT2D eigenvalue weighted by atomic mass is 32.2. The van der Waals surface area contributed by atoms with Crippen molar-refractivity contribution in [3.05, 3.63) is 26.6 Å². The number of thioether (sulfide) groups is 1. The van der Waals surface area contributed by atoms with E-state index in [2.05, 4.69) is 9.97 Å². The number of H-pyrrole nitrogens is 1. The van der Waals surface area contributed by atoms with Crippen LogP contribution in [0.25, 0.3) is 10.2 Å². The first kappa shape index (κ1) is 13.6. The number of carboxylic acid groups (broad SMARTS) is 1. The van der Waals surface area contributed by atoms with Crippen LogP contribution in [0.4, 0.5) is 0 Å². The van der Waals surface area contributed by atoms with Crippen LogP contribution in [0, 0.1) is 0 Å². The summed E-state index contributed by atoms with van der Waals surface area (Å²) in [6, 6.07) is 0. The zero-order valence-corrected chi connectivity index (χ0v) is 12.4. The fourth-order valence-corrected chi connectivity index (χ4v) is 4.51. The summed E-state index contributed by atoms with van der Waals surface area (Å²) in [7, 11) is 0. The van der Waals surface area contributed by atoms with Crippen molar-refractivity contribution >= 4 is 39.3 Å². The third-order valence-corrected chi connectivity index (χ3v) is 5.47. The van der Waals surface area contributed by atoms with Crippen molar-refractivity contribution in [2.45, 2.75) is 31.4 Å². The van der Waals surface area contributed by atoms with Gasteiger partial charge in [-0.1, -0.05) is 0 Å². The number of rotatable bonds is 5. The number of aromatic nitrogens is 2. The van der Waals surface area contributed by atoms with E-state index in [1.165, 1.54) is 22.2 Å². The Kier molecular flexibility index (Phi) is 3.80. The molecule has 0 spiro atoms. The number of aryl methyl sites for hydroxylation is 2. The molecule has 0 fully saturated rings. The van der Waals surface area contributed by atoms with Crippen molar-refractivity contribution < 1.29 is 9.90 Å². The van der Waals surface area contributed by atoms with Crippen molar-refractivity contribution in [2.75, 3.05) is 5.75 Å². The fourth-order valence-electron chi connectivity index (χ4n) is 2.44. The average Bonchev–Trinajstić information content (AvgIpc) is 2.94. The Morgan fingerprint density at radius 3 is 3.10 bits per heavy atom. The molecule has 0 saturated carbocycles. The number of carbonyl (C=O) groups excluding carboxylic acids is 1. The largest absolute Gasteiger partial charge is 0.550 e. The van der Waals surface area contributed by atoms with E-state index in [1.807, 2.05) is 0 Å². The van der Waals surface area contributed by atoms with Crippen LogP contribution in [-0.2, 0) is 23.4 Å². The quantitative estimate of drug-likeness (QED) is 0.827. The molecule has 1 N–H and O–H groups in total. The van der Waals surface area contributed by atoms with Crippen molar-refractivity contribution in [1.82, 2.24) is 9.97 Å². The molecule has 3 rings (SSSR count). The maximum atomic E-state index is 12.2. The van der Waals surface area contributed by atoms with Crippen LogP contribution in [0.3, 0.4) is 0 Å². The second-order valence-corrected chi connectivity index (χ2v) is 6.91. The van der Waals surface area contributed by atoms with Gasteiger partial charge in [-0.25, -0.2) is 4.98 Å². The summed E-state index contributed by atoms with van der Waals surface area (Å²) in [5, 5.41) is 11.1. The number of hydrogen-bond donors (Lipinski definition) is 1. The number of carboxylic acids is 1. The normalized spacial score (nSPS) is 13.8. The van der Waals surface area contributed by atoms with Gasteiger partial charge in [0.2, 0.25) is 0 Å². The van der Waals surface area contributed by atoms with E-state index in [0.29, 0.717) is 17.3 Å². The number of aromatic amines is 1. The molecule has 1 aliphatic carbocycles. The first-order valence-corrected chi connectivity index (χ1v) is 8.43. The molecule has 1 aliphatic rings. The molecule has 0 radical (unpaired) electrons. The first-order chi connectivity index (χ1) is 9.65. The minimum Gasteiger partial charge on any atom is -0.550 e. The number of aliphatic carboxylic acids is 1. The Labute approximate surface area is 123 Å². The molecular formula is C13H13N2O3S2-. The van der Waals surface area contributed by atoms with Gasteiger partial charge in [0, 0.05) is 10.8 Å². The SMILES string of the molecule is O=C([O-])CCSCc1nc2sc3c(c2c(=O)[nH]1)CCC3. The Morgan fingerprint density at radius 1 is 1.45 bits per heavy atom. The summed E-state index contributed by atoms with van der Waals surface area (Å²) in [4.78, 5) is 31.9. The van der Waals surface area contributed by atoms with Gasteiger partial charge in [0.25, 0.3) is 5.56 Å². The molecule has 0 aliphatic heterocycles. The number of nitrogens with one attached hydrogen (secondary N) is 1. The molecule has 0 bridgehead atoms. The molecule has 2 heterocycles. The van der Waals surface area contributed by atoms with Gasteiger partial charge >= 0.3 is 0 Å². The highest BCUT2D eigenvalue weighted by molar-refractivity contribution is 7.98. The molecule has 20 heavy (non-hydrogen) atoms. The standard InChI is InChI=1S/C13H14N2O3S2/c16-10(17)4-5-19-6-9-14-12(18)11-7-2-1-3-8(7)20-13(11)15-9/h1-6H2,(H,16,17)(H,14,15,18)/p-1. The first-order valence-electron chi connectivity index (χ1n) is 6.46. The summed E-state index contributed by atoms with van der Waals surface area (Å²) in [6.45, 7) is 0. The van der Waals surface area contributed by atoms with Crippen LogP contribution < -0.4 is 10.7 Å². The molecular weight excluding hydrogens is 296 g/mol. The maximum absolute atomic E-state index is 12.2. The summed E-state index contributed by atoms with van der Waals surface area (Å²) in [6.07, 6.45) is 3.16. The van der Waals surface area contributed by atoms with Crippen LogP contribution in [0.1, 0.15) is 29.1 Å². The zero-order valence-electron chi connectivity index (χ0n) is 10.7. The number of fused-ring (bicyclic) bond motifs is 3. The highest BCUT2D eigenvalue weighted by Crippen LogP contribution is 2.34. The molecule has 106 valence electrons. The smallest absolute Gasteiger partial charge is 0.259 e. The van der Waals surface area contributed by atoms with E-state index < -0.39 is 5.97 Å².